The molecule has 0 atom stereocenters. The van der Waals surface area contributed by atoms with Gasteiger partial charge in [-0.2, -0.15) is 0 Å². The van der Waals surface area contributed by atoms with Crippen molar-refractivity contribution in [3.05, 3.63) is 36.0 Å². The normalized spacial score (nSPS) is 12.9. The number of ether oxygens (including phenoxy) is 1. The van der Waals surface area contributed by atoms with Gasteiger partial charge in [-0.05, 0) is 12.1 Å². The first-order valence-electron chi connectivity index (χ1n) is 8.52. The van der Waals surface area contributed by atoms with Gasteiger partial charge in [0.25, 0.3) is 5.91 Å². The van der Waals surface area contributed by atoms with E-state index in [9.17, 15) is 18.0 Å². The van der Waals surface area contributed by atoms with E-state index in [2.05, 4.69) is 25.6 Å². The van der Waals surface area contributed by atoms with Gasteiger partial charge in [0.2, 0.25) is 0 Å². The van der Waals surface area contributed by atoms with Crippen molar-refractivity contribution in [1.82, 2.24) is 15.5 Å². The van der Waals surface area contributed by atoms with Crippen LogP contribution in [-0.2, 0) is 14.6 Å². The van der Waals surface area contributed by atoms with Gasteiger partial charge in [0.1, 0.15) is 0 Å². The van der Waals surface area contributed by atoms with E-state index < -0.39 is 34.5 Å². The Hall–Kier alpha value is -3.21. The minimum Gasteiger partial charge on any atom is -0.453 e. The van der Waals surface area contributed by atoms with Crippen LogP contribution in [0.4, 0.5) is 22.0 Å². The van der Waals surface area contributed by atoms with Crippen LogP contribution in [0.3, 0.4) is 0 Å². The summed E-state index contributed by atoms with van der Waals surface area (Å²) in [7, 11) is -2.50. The SMILES string of the molecule is [2H]C([2H])([2H])NC(=O)c1nnc(NC(=O)OC)cc1Nc1ccccc1S(C)(=O)=O. The standard InChI is InChI=1S/C15H17N5O5S/c1-16-14(21)13-10(8-12(19-20-13)18-15(22)25-2)17-9-6-4-5-7-11(9)26(3,23)24/h4-8H,1-3H3,(H,16,21)(H2,17,18,19,22)/i1D3. The number of nitrogens with zero attached hydrogens (tertiary/aromatic N) is 2. The van der Waals surface area contributed by atoms with Gasteiger partial charge in [0, 0.05) is 23.4 Å². The average molecular weight is 382 g/mol. The number of aromatic nitrogens is 2. The molecule has 2 amide bonds. The third kappa shape index (κ3) is 4.45. The molecule has 26 heavy (non-hydrogen) atoms. The quantitative estimate of drug-likeness (QED) is 0.700. The summed E-state index contributed by atoms with van der Waals surface area (Å²) < 4.78 is 49.9. The van der Waals surface area contributed by atoms with Gasteiger partial charge in [-0.15, -0.1) is 10.2 Å². The fourth-order valence-corrected chi connectivity index (χ4v) is 2.81. The highest BCUT2D eigenvalue weighted by atomic mass is 32.2. The van der Waals surface area contributed by atoms with Crippen LogP contribution in [0.2, 0.25) is 0 Å². The number of carbonyl (C=O) groups is 2. The molecule has 0 spiro atoms. The maximum atomic E-state index is 12.3. The summed E-state index contributed by atoms with van der Waals surface area (Å²) in [6, 6.07) is 7.04. The molecule has 0 radical (unpaired) electrons. The number of para-hydroxylation sites is 1. The molecule has 0 saturated heterocycles. The van der Waals surface area contributed by atoms with Crippen LogP contribution in [-0.4, -0.2) is 51.0 Å². The van der Waals surface area contributed by atoms with Crippen LogP contribution in [0.25, 0.3) is 0 Å². The maximum Gasteiger partial charge on any atom is 0.412 e. The lowest BCUT2D eigenvalue weighted by Crippen LogP contribution is -2.22. The van der Waals surface area contributed by atoms with Crippen LogP contribution >= 0.6 is 0 Å². The Balaban J connectivity index is 2.53. The molecule has 1 heterocycles. The second kappa shape index (κ2) is 7.78. The maximum absolute atomic E-state index is 12.3. The zero-order valence-corrected chi connectivity index (χ0v) is 14.5. The molecule has 1 aromatic carbocycles. The zero-order valence-electron chi connectivity index (χ0n) is 16.7. The first-order chi connectivity index (χ1) is 13.4. The van der Waals surface area contributed by atoms with Crippen LogP contribution in [0.1, 0.15) is 14.6 Å². The van der Waals surface area contributed by atoms with Crippen LogP contribution in [0.15, 0.2) is 35.2 Å². The Labute approximate surface area is 154 Å². The minimum absolute atomic E-state index is 0.0681. The molecule has 138 valence electrons. The third-order valence-corrected chi connectivity index (χ3v) is 4.25. The summed E-state index contributed by atoms with van der Waals surface area (Å²) in [5.41, 5.74) is -0.418. The van der Waals surface area contributed by atoms with Gasteiger partial charge in [0.15, 0.2) is 21.3 Å². The number of rotatable bonds is 5. The molecule has 3 N–H and O–H groups in total. The van der Waals surface area contributed by atoms with E-state index >= 15 is 0 Å². The van der Waals surface area contributed by atoms with Gasteiger partial charge in [-0.3, -0.25) is 10.1 Å². The third-order valence-electron chi connectivity index (χ3n) is 3.09. The molecule has 0 unspecified atom stereocenters. The van der Waals surface area contributed by atoms with Crippen molar-refractivity contribution in [2.45, 2.75) is 4.90 Å². The van der Waals surface area contributed by atoms with E-state index in [0.717, 1.165) is 13.4 Å². The van der Waals surface area contributed by atoms with Crippen molar-refractivity contribution >= 4 is 39.0 Å². The van der Waals surface area contributed by atoms with Crippen LogP contribution < -0.4 is 16.0 Å². The molecule has 2 aromatic rings. The van der Waals surface area contributed by atoms with Crippen molar-refractivity contribution in [1.29, 1.82) is 0 Å². The predicted octanol–water partition coefficient (Wildman–Crippen LogP) is 1.16. The molecule has 11 heteroatoms. The van der Waals surface area contributed by atoms with Crippen molar-refractivity contribution in [3.8, 4) is 0 Å². The van der Waals surface area contributed by atoms with Gasteiger partial charge in [-0.25, -0.2) is 13.2 Å². The Morgan fingerprint density at radius 3 is 2.58 bits per heavy atom. The molecule has 0 bridgehead atoms. The number of anilines is 3. The van der Waals surface area contributed by atoms with Gasteiger partial charge in [0.05, 0.1) is 23.4 Å². The summed E-state index contributed by atoms with van der Waals surface area (Å²) in [6.07, 6.45) is 0.145. The number of hydrogen-bond donors (Lipinski definition) is 3. The highest BCUT2D eigenvalue weighted by Gasteiger charge is 2.18. The fraction of sp³-hybridized carbons (Fsp3) is 0.200. The Bertz CT molecular complexity index is 1040. The van der Waals surface area contributed by atoms with E-state index in [1.165, 1.54) is 24.3 Å². The number of amides is 2. The average Bonchev–Trinajstić information content (AvgIpc) is 2.59. The van der Waals surface area contributed by atoms with Crippen molar-refractivity contribution < 1.29 is 26.9 Å². The zero-order chi connectivity index (χ0) is 21.8. The largest absolute Gasteiger partial charge is 0.453 e. The molecular formula is C15H17N5O5S. The lowest BCUT2D eigenvalue weighted by molar-refractivity contribution is 0.0958. The lowest BCUT2D eigenvalue weighted by Gasteiger charge is -2.14. The minimum atomic E-state index is -3.63. The summed E-state index contributed by atoms with van der Waals surface area (Å²) in [4.78, 5) is 23.6. The molecule has 0 aliphatic heterocycles. The topological polar surface area (TPSA) is 139 Å². The fourth-order valence-electron chi connectivity index (χ4n) is 1.97. The highest BCUT2D eigenvalue weighted by Crippen LogP contribution is 2.27. The number of methoxy groups -OCH3 is 1. The van der Waals surface area contributed by atoms with E-state index in [0.29, 0.717) is 0 Å². The number of sulfone groups is 1. The first-order valence-corrected chi connectivity index (χ1v) is 8.91. The Morgan fingerprint density at radius 2 is 1.92 bits per heavy atom. The van der Waals surface area contributed by atoms with Gasteiger partial charge in [-0.1, -0.05) is 12.1 Å². The predicted molar refractivity (Wildman–Crippen MR) is 94.3 cm³/mol. The lowest BCUT2D eigenvalue weighted by atomic mass is 10.2. The highest BCUT2D eigenvalue weighted by molar-refractivity contribution is 7.90. The van der Waals surface area contributed by atoms with Crippen molar-refractivity contribution in [2.24, 2.45) is 0 Å². The van der Waals surface area contributed by atoms with E-state index in [1.54, 1.807) is 11.4 Å². The molecule has 0 aliphatic rings. The first kappa shape index (κ1) is 15.1. The number of hydrogen-bond acceptors (Lipinski definition) is 8. The second-order valence-corrected chi connectivity index (χ2v) is 6.94. The van der Waals surface area contributed by atoms with Crippen LogP contribution in [0.5, 0.6) is 0 Å². The summed E-state index contributed by atoms with van der Waals surface area (Å²) in [5, 5.41) is 14.0. The molecule has 0 fully saturated rings. The van der Waals surface area contributed by atoms with Gasteiger partial charge < -0.3 is 15.4 Å². The van der Waals surface area contributed by atoms with E-state index in [1.807, 2.05) is 0 Å². The smallest absolute Gasteiger partial charge is 0.412 e. The van der Waals surface area contributed by atoms with Crippen molar-refractivity contribution in [2.75, 3.05) is 31.0 Å². The van der Waals surface area contributed by atoms with Crippen molar-refractivity contribution in [3.63, 3.8) is 0 Å². The number of benzene rings is 1. The molecule has 10 nitrogen and oxygen atoms in total. The summed E-state index contributed by atoms with van der Waals surface area (Å²) >= 11 is 0. The van der Waals surface area contributed by atoms with Crippen LogP contribution in [0, 0.1) is 0 Å². The Morgan fingerprint density at radius 1 is 1.19 bits per heavy atom. The molecule has 1 aromatic heterocycles. The van der Waals surface area contributed by atoms with E-state index in [-0.39, 0.29) is 22.1 Å². The molecule has 0 saturated carbocycles. The summed E-state index contributed by atoms with van der Waals surface area (Å²) in [6.45, 7) is -2.79. The molecular weight excluding hydrogens is 362 g/mol. The summed E-state index contributed by atoms with van der Waals surface area (Å²) in [5.74, 6) is -1.21. The number of carbonyl (C=O) groups excluding carboxylic acids is 2. The second-order valence-electron chi connectivity index (χ2n) is 4.96. The van der Waals surface area contributed by atoms with E-state index in [4.69, 9.17) is 4.11 Å². The van der Waals surface area contributed by atoms with Gasteiger partial charge >= 0.3 is 6.09 Å². The molecule has 2 rings (SSSR count). The Kier molecular flexibility index (Phi) is 4.51. The molecule has 0 aliphatic carbocycles. The monoisotopic (exact) mass is 382 g/mol. The number of nitrogens with one attached hydrogen (secondary N) is 3.